The van der Waals surface area contributed by atoms with Gasteiger partial charge in [0.2, 0.25) is 0 Å². The monoisotopic (exact) mass is 371 g/mol. The van der Waals surface area contributed by atoms with E-state index in [2.05, 4.69) is 10.9 Å². The molecule has 1 rings (SSSR count). The van der Waals surface area contributed by atoms with E-state index < -0.39 is 24.0 Å². The number of carbonyl (C=O) groups is 2. The van der Waals surface area contributed by atoms with Gasteiger partial charge < -0.3 is 21.7 Å². The van der Waals surface area contributed by atoms with Crippen molar-refractivity contribution in [3.63, 3.8) is 0 Å². The number of aryl methyl sites for hydroxylation is 1. The van der Waals surface area contributed by atoms with Gasteiger partial charge in [-0.3, -0.25) is 20.4 Å². The molecule has 0 aliphatic rings. The van der Waals surface area contributed by atoms with Crippen molar-refractivity contribution in [3.05, 3.63) is 18.2 Å². The summed E-state index contributed by atoms with van der Waals surface area (Å²) in [5.41, 5.74) is 18.4. The minimum absolute atomic E-state index is 0.467. The molecule has 0 saturated carbocycles. The number of nitrogens with zero attached hydrogens (tertiary/aromatic N) is 2. The summed E-state index contributed by atoms with van der Waals surface area (Å²) in [7, 11) is 0. The number of carboxylic acids is 2. The summed E-state index contributed by atoms with van der Waals surface area (Å²) < 4.78 is 3.74. The van der Waals surface area contributed by atoms with E-state index in [1.807, 2.05) is 28.8 Å². The number of aliphatic carboxylic acids is 2. The highest BCUT2D eigenvalue weighted by atomic mass is 16.4. The molecule has 148 valence electrons. The van der Waals surface area contributed by atoms with Crippen LogP contribution in [0.25, 0.3) is 0 Å². The quantitative estimate of drug-likeness (QED) is 0.186. The van der Waals surface area contributed by atoms with Crippen molar-refractivity contribution < 1.29 is 24.5 Å². The third-order valence-corrected chi connectivity index (χ3v) is 4.04. The van der Waals surface area contributed by atoms with Gasteiger partial charge in [-0.25, -0.2) is 0 Å². The van der Waals surface area contributed by atoms with Crippen LogP contribution < -0.4 is 27.0 Å². The minimum Gasteiger partial charge on any atom is -0.480 e. The molecule has 1 aromatic heterocycles. The van der Waals surface area contributed by atoms with Crippen LogP contribution in [0.4, 0.5) is 0 Å². The molecule has 1 aromatic rings. The molecule has 0 fully saturated rings. The lowest BCUT2D eigenvalue weighted by Gasteiger charge is -2.06. The van der Waals surface area contributed by atoms with Crippen LogP contribution in [0.3, 0.4) is 0 Å². The van der Waals surface area contributed by atoms with Crippen molar-refractivity contribution in [3.8, 4) is 0 Å². The van der Waals surface area contributed by atoms with Crippen molar-refractivity contribution in [2.45, 2.75) is 57.5 Å². The van der Waals surface area contributed by atoms with Crippen LogP contribution in [0.2, 0.25) is 0 Å². The first-order valence-corrected chi connectivity index (χ1v) is 8.86. The number of rotatable bonds is 14. The van der Waals surface area contributed by atoms with Gasteiger partial charge in [-0.1, -0.05) is 0 Å². The first-order valence-electron chi connectivity index (χ1n) is 8.86. The number of nitrogens with one attached hydrogen (secondary N) is 2. The van der Waals surface area contributed by atoms with E-state index >= 15 is 0 Å². The molecule has 1 heterocycles. The van der Waals surface area contributed by atoms with Gasteiger partial charge >= 0.3 is 11.9 Å². The van der Waals surface area contributed by atoms with E-state index in [9.17, 15) is 9.59 Å². The van der Waals surface area contributed by atoms with Crippen LogP contribution in [0.5, 0.6) is 0 Å². The smallest absolute Gasteiger partial charge is 0.320 e. The number of hydrogen-bond acceptors (Lipinski definition) is 6. The van der Waals surface area contributed by atoms with E-state index in [-0.39, 0.29) is 0 Å². The van der Waals surface area contributed by atoms with Crippen molar-refractivity contribution in [1.29, 1.82) is 0 Å². The average Bonchev–Trinajstić information content (AvgIpc) is 2.93. The average molecular weight is 371 g/mol. The van der Waals surface area contributed by atoms with Gasteiger partial charge in [0, 0.05) is 6.92 Å². The summed E-state index contributed by atoms with van der Waals surface area (Å²) in [6.07, 6.45) is 7.90. The number of nitrogens with two attached hydrogens (primary N) is 2. The second kappa shape index (κ2) is 11.3. The Labute approximate surface area is 153 Å². The standard InChI is InChI=1S/C16H30N6O4/c1-12-10-21(19-8-4-2-6-13(17)15(23)24)11-22(12)20-9-5-3-7-14(18)16(25)26/h10-11,13-14,19-20H,2-9,17-18H2,1H3,(H-,23,24,25,26)/p+1/t13-,14-/m0/s1. The number of aromatic nitrogens is 2. The molecule has 2 atom stereocenters. The molecule has 8 N–H and O–H groups in total. The lowest BCUT2D eigenvalue weighted by atomic mass is 10.1. The van der Waals surface area contributed by atoms with Gasteiger partial charge in [0.15, 0.2) is 11.9 Å². The molecule has 0 aliphatic heterocycles. The predicted octanol–water partition coefficient (Wildman–Crippen LogP) is -0.665. The van der Waals surface area contributed by atoms with Gasteiger partial charge in [0.1, 0.15) is 12.1 Å². The maximum Gasteiger partial charge on any atom is 0.320 e. The normalized spacial score (nSPS) is 13.2. The highest BCUT2D eigenvalue weighted by Gasteiger charge is 2.12. The molecular formula is C16H31N6O4+. The highest BCUT2D eigenvalue weighted by molar-refractivity contribution is 5.73. The van der Waals surface area contributed by atoms with Crippen LogP contribution in [-0.2, 0) is 9.59 Å². The Hall–Kier alpha value is -2.33. The number of carboxylic acid groups (broad SMARTS) is 2. The third kappa shape index (κ3) is 8.17. The fraction of sp³-hybridized carbons (Fsp3) is 0.688. The summed E-state index contributed by atoms with van der Waals surface area (Å²) in [4.78, 5) is 21.3. The zero-order chi connectivity index (χ0) is 19.5. The van der Waals surface area contributed by atoms with Gasteiger partial charge in [0.25, 0.3) is 6.33 Å². The summed E-state index contributed by atoms with van der Waals surface area (Å²) in [5, 5.41) is 17.4. The number of imidazole rings is 1. The Bertz CT molecular complexity index is 577. The summed E-state index contributed by atoms with van der Waals surface area (Å²) in [5.74, 6) is -1.92. The highest BCUT2D eigenvalue weighted by Crippen LogP contribution is 2.00. The topological polar surface area (TPSA) is 160 Å². The molecule has 0 amide bonds. The SMILES string of the molecule is Cc1c[n+](NCCCC[C@H](N)C(=O)O)cn1NCCCC[C@H](N)C(=O)O. The van der Waals surface area contributed by atoms with Crippen LogP contribution in [0.15, 0.2) is 12.5 Å². The predicted molar refractivity (Wildman–Crippen MR) is 96.7 cm³/mol. The zero-order valence-corrected chi connectivity index (χ0v) is 15.2. The molecule has 10 heteroatoms. The van der Waals surface area contributed by atoms with Crippen molar-refractivity contribution in [2.24, 2.45) is 11.5 Å². The van der Waals surface area contributed by atoms with Gasteiger partial charge in [-0.05, 0) is 38.5 Å². The molecule has 0 bridgehead atoms. The largest absolute Gasteiger partial charge is 0.480 e. The third-order valence-electron chi connectivity index (χ3n) is 4.04. The van der Waals surface area contributed by atoms with E-state index in [1.54, 1.807) is 0 Å². The molecule has 0 aromatic carbocycles. The fourth-order valence-electron chi connectivity index (χ4n) is 2.40. The van der Waals surface area contributed by atoms with E-state index in [0.717, 1.165) is 37.9 Å². The van der Waals surface area contributed by atoms with Crippen LogP contribution in [0.1, 0.15) is 44.2 Å². The number of hydrogen-bond donors (Lipinski definition) is 6. The molecule has 0 radical (unpaired) electrons. The van der Waals surface area contributed by atoms with Crippen LogP contribution >= 0.6 is 0 Å². The molecule has 0 unspecified atom stereocenters. The minimum atomic E-state index is -0.962. The van der Waals surface area contributed by atoms with E-state index in [1.165, 1.54) is 0 Å². The Kier molecular flexibility index (Phi) is 9.45. The van der Waals surface area contributed by atoms with Crippen LogP contribution in [0, 0.1) is 6.92 Å². The first kappa shape index (κ1) is 21.7. The van der Waals surface area contributed by atoms with E-state index in [4.69, 9.17) is 21.7 Å². The Morgan fingerprint density at radius 2 is 1.62 bits per heavy atom. The summed E-state index contributed by atoms with van der Waals surface area (Å²) in [6, 6.07) is -1.58. The zero-order valence-electron chi connectivity index (χ0n) is 15.2. The van der Waals surface area contributed by atoms with Gasteiger partial charge in [0.05, 0.1) is 13.1 Å². The molecule has 0 aliphatic carbocycles. The van der Waals surface area contributed by atoms with Gasteiger partial charge in [-0.15, -0.1) is 9.35 Å². The maximum absolute atomic E-state index is 10.6. The molecule has 0 saturated heterocycles. The molecule has 26 heavy (non-hydrogen) atoms. The van der Waals surface area contributed by atoms with Crippen molar-refractivity contribution >= 4 is 11.9 Å². The molecule has 0 spiro atoms. The van der Waals surface area contributed by atoms with Crippen LogP contribution in [-0.4, -0.2) is 52.0 Å². The second-order valence-corrected chi connectivity index (χ2v) is 6.36. The molecular weight excluding hydrogens is 340 g/mol. The lowest BCUT2D eigenvalue weighted by Crippen LogP contribution is -2.44. The Morgan fingerprint density at radius 1 is 1.08 bits per heavy atom. The number of unbranched alkanes of at least 4 members (excludes halogenated alkanes) is 2. The summed E-state index contributed by atoms with van der Waals surface area (Å²) in [6.45, 7) is 3.40. The summed E-state index contributed by atoms with van der Waals surface area (Å²) >= 11 is 0. The molecule has 10 nitrogen and oxygen atoms in total. The first-order chi connectivity index (χ1) is 12.3. The van der Waals surface area contributed by atoms with Crippen molar-refractivity contribution in [1.82, 2.24) is 4.68 Å². The van der Waals surface area contributed by atoms with Crippen molar-refractivity contribution in [2.75, 3.05) is 23.9 Å². The maximum atomic E-state index is 10.6. The Morgan fingerprint density at radius 3 is 2.15 bits per heavy atom. The Balaban J connectivity index is 2.21. The van der Waals surface area contributed by atoms with Gasteiger partial charge in [-0.2, -0.15) is 0 Å². The lowest BCUT2D eigenvalue weighted by molar-refractivity contribution is -0.649. The fourth-order valence-corrected chi connectivity index (χ4v) is 2.40. The second-order valence-electron chi connectivity index (χ2n) is 6.36. The van der Waals surface area contributed by atoms with E-state index in [0.29, 0.717) is 19.4 Å².